The Bertz CT molecular complexity index is 314. The van der Waals surface area contributed by atoms with Crippen LogP contribution in [0, 0.1) is 0 Å². The fourth-order valence-electron chi connectivity index (χ4n) is 1.19. The van der Waals surface area contributed by atoms with E-state index in [1.165, 1.54) is 0 Å². The minimum absolute atomic E-state index is 0.0346. The summed E-state index contributed by atoms with van der Waals surface area (Å²) < 4.78 is 25.3. The molecule has 0 rings (SSSR count). The summed E-state index contributed by atoms with van der Waals surface area (Å²) in [7, 11) is -3.39. The lowest BCUT2D eigenvalue weighted by Crippen LogP contribution is -2.46. The summed E-state index contributed by atoms with van der Waals surface area (Å²) in [6.45, 7) is 3.21. The molecule has 0 atom stereocenters. The van der Waals surface area contributed by atoms with Gasteiger partial charge < -0.3 is 5.73 Å². The van der Waals surface area contributed by atoms with Gasteiger partial charge in [0.05, 0.1) is 5.75 Å². The first-order valence-corrected chi connectivity index (χ1v) is 6.73. The standard InChI is InChI=1S/C8H17ClN2O3S/c1-8(2,6-7(10)12)11-15(13,14)5-3-4-9/h11H,3-6H2,1-2H3,(H2,10,12). The van der Waals surface area contributed by atoms with Gasteiger partial charge in [0, 0.05) is 17.8 Å². The molecule has 0 saturated carbocycles. The van der Waals surface area contributed by atoms with Crippen LogP contribution in [0.3, 0.4) is 0 Å². The van der Waals surface area contributed by atoms with Gasteiger partial charge in [0.15, 0.2) is 0 Å². The van der Waals surface area contributed by atoms with E-state index >= 15 is 0 Å². The van der Waals surface area contributed by atoms with Gasteiger partial charge in [-0.05, 0) is 20.3 Å². The molecule has 0 bridgehead atoms. The lowest BCUT2D eigenvalue weighted by atomic mass is 10.0. The van der Waals surface area contributed by atoms with E-state index in [0.29, 0.717) is 6.42 Å². The smallest absolute Gasteiger partial charge is 0.219 e. The highest BCUT2D eigenvalue weighted by Crippen LogP contribution is 2.10. The predicted molar refractivity (Wildman–Crippen MR) is 60.1 cm³/mol. The molecule has 0 aliphatic carbocycles. The molecule has 0 aromatic carbocycles. The molecule has 15 heavy (non-hydrogen) atoms. The normalized spacial score (nSPS) is 12.7. The van der Waals surface area contributed by atoms with Gasteiger partial charge in [0.2, 0.25) is 15.9 Å². The van der Waals surface area contributed by atoms with Crippen molar-refractivity contribution in [3.8, 4) is 0 Å². The molecule has 0 unspecified atom stereocenters. The fraction of sp³-hybridized carbons (Fsp3) is 0.875. The second-order valence-electron chi connectivity index (χ2n) is 3.99. The molecule has 7 heteroatoms. The van der Waals surface area contributed by atoms with E-state index in [1.54, 1.807) is 13.8 Å². The third-order valence-corrected chi connectivity index (χ3v) is 3.55. The van der Waals surface area contributed by atoms with Crippen LogP contribution in [0.2, 0.25) is 0 Å². The Balaban J connectivity index is 4.37. The number of primary amides is 1. The van der Waals surface area contributed by atoms with Crippen LogP contribution >= 0.6 is 11.6 Å². The summed E-state index contributed by atoms with van der Waals surface area (Å²) in [5.41, 5.74) is 4.15. The van der Waals surface area contributed by atoms with Gasteiger partial charge in [-0.15, -0.1) is 11.6 Å². The highest BCUT2D eigenvalue weighted by molar-refractivity contribution is 7.89. The first-order chi connectivity index (χ1) is 6.68. The van der Waals surface area contributed by atoms with E-state index in [0.717, 1.165) is 0 Å². The van der Waals surface area contributed by atoms with Crippen molar-refractivity contribution in [2.45, 2.75) is 32.2 Å². The van der Waals surface area contributed by atoms with E-state index in [9.17, 15) is 13.2 Å². The molecule has 0 aromatic heterocycles. The zero-order valence-electron chi connectivity index (χ0n) is 8.92. The van der Waals surface area contributed by atoms with Crippen LogP contribution in [0.15, 0.2) is 0 Å². The van der Waals surface area contributed by atoms with Crippen molar-refractivity contribution in [2.24, 2.45) is 5.73 Å². The fourth-order valence-corrected chi connectivity index (χ4v) is 3.02. The molecule has 0 aliphatic rings. The van der Waals surface area contributed by atoms with E-state index in [4.69, 9.17) is 17.3 Å². The van der Waals surface area contributed by atoms with Gasteiger partial charge >= 0.3 is 0 Å². The van der Waals surface area contributed by atoms with Crippen LogP contribution in [0.1, 0.15) is 26.7 Å². The number of alkyl halides is 1. The Morgan fingerprint density at radius 2 is 2.00 bits per heavy atom. The van der Waals surface area contributed by atoms with E-state index in [1.807, 2.05) is 0 Å². The number of nitrogens with one attached hydrogen (secondary N) is 1. The van der Waals surface area contributed by atoms with E-state index in [-0.39, 0.29) is 18.1 Å². The molecular weight excluding hydrogens is 240 g/mol. The Morgan fingerprint density at radius 1 is 1.47 bits per heavy atom. The number of nitrogens with two attached hydrogens (primary N) is 1. The Labute approximate surface area is 95.4 Å². The van der Waals surface area contributed by atoms with Crippen molar-refractivity contribution >= 4 is 27.5 Å². The summed E-state index contributed by atoms with van der Waals surface area (Å²) in [5, 5.41) is 0. The Hall–Kier alpha value is -0.330. The molecule has 5 nitrogen and oxygen atoms in total. The van der Waals surface area contributed by atoms with E-state index in [2.05, 4.69) is 4.72 Å². The molecule has 0 aliphatic heterocycles. The minimum atomic E-state index is -3.39. The average molecular weight is 257 g/mol. The number of rotatable bonds is 7. The Morgan fingerprint density at radius 3 is 2.40 bits per heavy atom. The second kappa shape index (κ2) is 5.67. The van der Waals surface area contributed by atoms with Gasteiger partial charge in [-0.2, -0.15) is 0 Å². The third kappa shape index (κ3) is 7.58. The minimum Gasteiger partial charge on any atom is -0.370 e. The number of hydrogen-bond donors (Lipinski definition) is 2. The maximum Gasteiger partial charge on any atom is 0.219 e. The average Bonchev–Trinajstić information content (AvgIpc) is 1.95. The van der Waals surface area contributed by atoms with Crippen molar-refractivity contribution in [2.75, 3.05) is 11.6 Å². The lowest BCUT2D eigenvalue weighted by Gasteiger charge is -2.24. The predicted octanol–water partition coefficient (Wildman–Crippen LogP) is 0.189. The monoisotopic (exact) mass is 256 g/mol. The van der Waals surface area contributed by atoms with Gasteiger partial charge in [-0.25, -0.2) is 13.1 Å². The zero-order valence-corrected chi connectivity index (χ0v) is 10.5. The second-order valence-corrected chi connectivity index (χ2v) is 6.21. The number of sulfonamides is 1. The van der Waals surface area contributed by atoms with Gasteiger partial charge in [-0.1, -0.05) is 0 Å². The molecule has 0 spiro atoms. The van der Waals surface area contributed by atoms with Crippen LogP contribution in [0.4, 0.5) is 0 Å². The summed E-state index contributed by atoms with van der Waals surface area (Å²) >= 11 is 5.40. The molecule has 0 saturated heterocycles. The molecule has 90 valence electrons. The van der Waals surface area contributed by atoms with Gasteiger partial charge in [-0.3, -0.25) is 4.79 Å². The molecule has 0 heterocycles. The van der Waals surface area contributed by atoms with Crippen molar-refractivity contribution in [1.29, 1.82) is 0 Å². The highest BCUT2D eigenvalue weighted by Gasteiger charge is 2.26. The molecule has 0 aromatic rings. The number of halogens is 1. The summed E-state index contributed by atoms with van der Waals surface area (Å²) in [6.07, 6.45) is 0.344. The van der Waals surface area contributed by atoms with Gasteiger partial charge in [0.1, 0.15) is 0 Å². The largest absolute Gasteiger partial charge is 0.370 e. The third-order valence-electron chi connectivity index (χ3n) is 1.59. The van der Waals surface area contributed by atoms with Crippen LogP contribution in [0.5, 0.6) is 0 Å². The van der Waals surface area contributed by atoms with Crippen molar-refractivity contribution in [1.82, 2.24) is 4.72 Å². The summed E-state index contributed by atoms with van der Waals surface area (Å²) in [5.74, 6) is -0.296. The van der Waals surface area contributed by atoms with Gasteiger partial charge in [0.25, 0.3) is 0 Å². The number of carbonyl (C=O) groups is 1. The van der Waals surface area contributed by atoms with E-state index < -0.39 is 21.5 Å². The molecule has 0 fully saturated rings. The quantitative estimate of drug-likeness (QED) is 0.637. The first kappa shape index (κ1) is 14.7. The maximum atomic E-state index is 11.5. The molecular formula is C8H17ClN2O3S. The molecule has 3 N–H and O–H groups in total. The van der Waals surface area contributed by atoms with Crippen LogP contribution in [0.25, 0.3) is 0 Å². The Kier molecular flexibility index (Phi) is 5.55. The number of hydrogen-bond acceptors (Lipinski definition) is 3. The number of carbonyl (C=O) groups excluding carboxylic acids is 1. The lowest BCUT2D eigenvalue weighted by molar-refractivity contribution is -0.119. The maximum absolute atomic E-state index is 11.5. The van der Waals surface area contributed by atoms with Crippen LogP contribution in [-0.2, 0) is 14.8 Å². The van der Waals surface area contributed by atoms with Crippen molar-refractivity contribution in [3.63, 3.8) is 0 Å². The summed E-state index contributed by atoms with van der Waals surface area (Å²) in [6, 6.07) is 0. The highest BCUT2D eigenvalue weighted by atomic mass is 35.5. The molecule has 0 radical (unpaired) electrons. The summed E-state index contributed by atoms with van der Waals surface area (Å²) in [4.78, 5) is 10.7. The first-order valence-electron chi connectivity index (χ1n) is 4.54. The van der Waals surface area contributed by atoms with Crippen molar-refractivity contribution < 1.29 is 13.2 Å². The van der Waals surface area contributed by atoms with Crippen LogP contribution in [-0.4, -0.2) is 31.5 Å². The number of amides is 1. The molecule has 1 amide bonds. The topological polar surface area (TPSA) is 89.3 Å². The van der Waals surface area contributed by atoms with Crippen LogP contribution < -0.4 is 10.5 Å². The van der Waals surface area contributed by atoms with Crippen molar-refractivity contribution in [3.05, 3.63) is 0 Å². The SMILES string of the molecule is CC(C)(CC(N)=O)NS(=O)(=O)CCCCl. The zero-order chi connectivity index (χ0) is 12.1.